The summed E-state index contributed by atoms with van der Waals surface area (Å²) >= 11 is 0. The summed E-state index contributed by atoms with van der Waals surface area (Å²) in [5.41, 5.74) is 3.58. The summed E-state index contributed by atoms with van der Waals surface area (Å²) in [6, 6.07) is 6.91. The molecule has 3 rings (SSSR count). The van der Waals surface area contributed by atoms with Crippen molar-refractivity contribution in [3.05, 3.63) is 52.3 Å². The second-order valence-electron chi connectivity index (χ2n) is 6.69. The van der Waals surface area contributed by atoms with Crippen molar-refractivity contribution in [1.29, 1.82) is 0 Å². The summed E-state index contributed by atoms with van der Waals surface area (Å²) in [6.45, 7) is 7.58. The highest BCUT2D eigenvalue weighted by atomic mass is 16.5. The smallest absolute Gasteiger partial charge is 0.339 e. The van der Waals surface area contributed by atoms with E-state index in [1.165, 1.54) is 7.11 Å². The van der Waals surface area contributed by atoms with Gasteiger partial charge in [-0.05, 0) is 38.0 Å². The molecule has 140 valence electrons. The number of hydrogen-bond donors (Lipinski definition) is 1. The standard InChI is InChI=1S/C20H21N3O4/c1-10(2)16-9-14(17-12(4)23-27-19(17)22-16)18(24)21-15-7-6-11(3)8-13(15)20(25)26-5/h6-10H,1-5H3,(H,21,24). The molecule has 0 aliphatic rings. The lowest BCUT2D eigenvalue weighted by Crippen LogP contribution is -2.17. The first-order valence-corrected chi connectivity index (χ1v) is 8.59. The zero-order valence-corrected chi connectivity index (χ0v) is 15.9. The van der Waals surface area contributed by atoms with Gasteiger partial charge in [-0.3, -0.25) is 4.79 Å². The SMILES string of the molecule is COC(=O)c1cc(C)ccc1NC(=O)c1cc(C(C)C)nc2onc(C)c12. The van der Waals surface area contributed by atoms with Crippen LogP contribution in [-0.2, 0) is 4.74 Å². The predicted octanol–water partition coefficient (Wildman–Crippen LogP) is 4.00. The summed E-state index contributed by atoms with van der Waals surface area (Å²) in [5.74, 6) is -0.779. The van der Waals surface area contributed by atoms with Crippen molar-refractivity contribution in [3.63, 3.8) is 0 Å². The molecule has 27 heavy (non-hydrogen) atoms. The molecule has 7 heteroatoms. The maximum atomic E-state index is 13.0. The minimum absolute atomic E-state index is 0.108. The molecule has 0 fully saturated rings. The Balaban J connectivity index is 2.07. The molecule has 0 saturated carbocycles. The third-order valence-electron chi connectivity index (χ3n) is 4.30. The highest BCUT2D eigenvalue weighted by molar-refractivity contribution is 6.14. The number of anilines is 1. The van der Waals surface area contributed by atoms with Crippen molar-refractivity contribution in [2.24, 2.45) is 0 Å². The fourth-order valence-corrected chi connectivity index (χ4v) is 2.82. The third-order valence-corrected chi connectivity index (χ3v) is 4.30. The quantitative estimate of drug-likeness (QED) is 0.700. The number of pyridine rings is 1. The van der Waals surface area contributed by atoms with Gasteiger partial charge in [-0.15, -0.1) is 0 Å². The van der Waals surface area contributed by atoms with Crippen LogP contribution in [0, 0.1) is 13.8 Å². The summed E-state index contributed by atoms with van der Waals surface area (Å²) in [7, 11) is 1.30. The largest absolute Gasteiger partial charge is 0.465 e. The Labute approximate surface area is 156 Å². The van der Waals surface area contributed by atoms with Gasteiger partial charge in [-0.1, -0.05) is 30.6 Å². The Morgan fingerprint density at radius 2 is 1.89 bits per heavy atom. The maximum absolute atomic E-state index is 13.0. The molecule has 0 atom stereocenters. The summed E-state index contributed by atoms with van der Waals surface area (Å²) in [5, 5.41) is 7.29. The number of esters is 1. The third kappa shape index (κ3) is 3.53. The first-order chi connectivity index (χ1) is 12.8. The minimum atomic E-state index is -0.516. The first-order valence-electron chi connectivity index (χ1n) is 8.59. The first kappa shape index (κ1) is 18.6. The van der Waals surface area contributed by atoms with Crippen LogP contribution in [0.15, 0.2) is 28.8 Å². The molecule has 0 saturated heterocycles. The van der Waals surface area contributed by atoms with Crippen LogP contribution in [0.3, 0.4) is 0 Å². The van der Waals surface area contributed by atoms with Crippen LogP contribution in [-0.4, -0.2) is 29.1 Å². The fraction of sp³-hybridized carbons (Fsp3) is 0.300. The van der Waals surface area contributed by atoms with Gasteiger partial charge in [0.2, 0.25) is 0 Å². The van der Waals surface area contributed by atoms with Gasteiger partial charge in [0.25, 0.3) is 11.6 Å². The Bertz CT molecular complexity index is 1040. The number of fused-ring (bicyclic) bond motifs is 1. The normalized spacial score (nSPS) is 11.0. The zero-order chi connectivity index (χ0) is 19.7. The molecule has 0 radical (unpaired) electrons. The molecule has 1 aromatic carbocycles. The fourth-order valence-electron chi connectivity index (χ4n) is 2.82. The molecule has 0 bridgehead atoms. The van der Waals surface area contributed by atoms with Crippen LogP contribution in [0.1, 0.15) is 57.4 Å². The van der Waals surface area contributed by atoms with Crippen molar-refractivity contribution >= 4 is 28.7 Å². The topological polar surface area (TPSA) is 94.3 Å². The lowest BCUT2D eigenvalue weighted by molar-refractivity contribution is 0.0602. The summed E-state index contributed by atoms with van der Waals surface area (Å²) in [4.78, 5) is 29.5. The number of carbonyl (C=O) groups excluding carboxylic acids is 2. The lowest BCUT2D eigenvalue weighted by atomic mass is 10.0. The van der Waals surface area contributed by atoms with Crippen LogP contribution < -0.4 is 5.32 Å². The van der Waals surface area contributed by atoms with Gasteiger partial charge in [0, 0.05) is 5.69 Å². The Kier molecular flexibility index (Phi) is 4.94. The van der Waals surface area contributed by atoms with E-state index in [1.807, 2.05) is 26.8 Å². The molecule has 0 spiro atoms. The van der Waals surface area contributed by atoms with Gasteiger partial charge < -0.3 is 14.6 Å². The molecule has 1 amide bonds. The molecule has 1 N–H and O–H groups in total. The minimum Gasteiger partial charge on any atom is -0.465 e. The lowest BCUT2D eigenvalue weighted by Gasteiger charge is -2.12. The second kappa shape index (κ2) is 7.19. The van der Waals surface area contributed by atoms with Crippen LogP contribution in [0.4, 0.5) is 5.69 Å². The molecule has 0 unspecified atom stereocenters. The van der Waals surface area contributed by atoms with Crippen molar-refractivity contribution in [1.82, 2.24) is 10.1 Å². The van der Waals surface area contributed by atoms with Crippen molar-refractivity contribution in [3.8, 4) is 0 Å². The Hall–Kier alpha value is -3.22. The van der Waals surface area contributed by atoms with E-state index >= 15 is 0 Å². The molecule has 2 heterocycles. The van der Waals surface area contributed by atoms with Gasteiger partial charge in [-0.25, -0.2) is 9.78 Å². The van der Waals surface area contributed by atoms with Crippen molar-refractivity contribution in [2.75, 3.05) is 12.4 Å². The van der Waals surface area contributed by atoms with Gasteiger partial charge in [0.05, 0.1) is 35.0 Å². The summed E-state index contributed by atoms with van der Waals surface area (Å²) < 4.78 is 10.1. The van der Waals surface area contributed by atoms with E-state index in [9.17, 15) is 9.59 Å². The van der Waals surface area contributed by atoms with Crippen molar-refractivity contribution < 1.29 is 18.8 Å². The van der Waals surface area contributed by atoms with E-state index in [-0.39, 0.29) is 11.8 Å². The molecule has 3 aromatic rings. The Morgan fingerprint density at radius 1 is 1.15 bits per heavy atom. The van der Waals surface area contributed by atoms with E-state index in [1.54, 1.807) is 25.1 Å². The number of methoxy groups -OCH3 is 1. The molecular weight excluding hydrogens is 346 g/mol. The number of aromatic nitrogens is 2. The average Bonchev–Trinajstić information content (AvgIpc) is 3.02. The molecule has 7 nitrogen and oxygen atoms in total. The number of carbonyl (C=O) groups is 2. The molecule has 0 aliphatic carbocycles. The van der Waals surface area contributed by atoms with E-state index in [2.05, 4.69) is 15.5 Å². The monoisotopic (exact) mass is 367 g/mol. The van der Waals surface area contributed by atoms with Gasteiger partial charge in [-0.2, -0.15) is 0 Å². The van der Waals surface area contributed by atoms with E-state index in [0.29, 0.717) is 33.6 Å². The number of benzene rings is 1. The van der Waals surface area contributed by atoms with E-state index in [4.69, 9.17) is 9.26 Å². The van der Waals surface area contributed by atoms with Crippen LogP contribution in [0.25, 0.3) is 11.1 Å². The second-order valence-corrected chi connectivity index (χ2v) is 6.69. The maximum Gasteiger partial charge on any atom is 0.339 e. The number of hydrogen-bond acceptors (Lipinski definition) is 6. The molecule has 2 aromatic heterocycles. The Morgan fingerprint density at radius 3 is 2.56 bits per heavy atom. The molecular formula is C20H21N3O4. The average molecular weight is 367 g/mol. The number of nitrogens with zero attached hydrogens (tertiary/aromatic N) is 2. The molecule has 0 aliphatic heterocycles. The number of nitrogens with one attached hydrogen (secondary N) is 1. The van der Waals surface area contributed by atoms with E-state index < -0.39 is 5.97 Å². The van der Waals surface area contributed by atoms with Crippen LogP contribution >= 0.6 is 0 Å². The van der Waals surface area contributed by atoms with Crippen molar-refractivity contribution in [2.45, 2.75) is 33.6 Å². The highest BCUT2D eigenvalue weighted by Crippen LogP contribution is 2.27. The summed E-state index contributed by atoms with van der Waals surface area (Å²) in [6.07, 6.45) is 0. The van der Waals surface area contributed by atoms with E-state index in [0.717, 1.165) is 11.3 Å². The highest BCUT2D eigenvalue weighted by Gasteiger charge is 2.21. The van der Waals surface area contributed by atoms with Crippen LogP contribution in [0.5, 0.6) is 0 Å². The number of aryl methyl sites for hydroxylation is 2. The van der Waals surface area contributed by atoms with Gasteiger partial charge in [0.15, 0.2) is 0 Å². The number of rotatable bonds is 4. The van der Waals surface area contributed by atoms with Gasteiger partial charge >= 0.3 is 5.97 Å². The number of amides is 1. The van der Waals surface area contributed by atoms with Gasteiger partial charge in [0.1, 0.15) is 0 Å². The zero-order valence-electron chi connectivity index (χ0n) is 15.9. The van der Waals surface area contributed by atoms with Crippen LogP contribution in [0.2, 0.25) is 0 Å². The predicted molar refractivity (Wildman–Crippen MR) is 101 cm³/mol. The number of ether oxygens (including phenoxy) is 1.